The van der Waals surface area contributed by atoms with Gasteiger partial charge >= 0.3 is 0 Å². The predicted octanol–water partition coefficient (Wildman–Crippen LogP) is 4.95. The van der Waals surface area contributed by atoms with Gasteiger partial charge in [0.05, 0.1) is 6.04 Å². The summed E-state index contributed by atoms with van der Waals surface area (Å²) in [6, 6.07) is 18.9. The van der Waals surface area contributed by atoms with Crippen LogP contribution in [0.3, 0.4) is 0 Å². The van der Waals surface area contributed by atoms with Crippen LogP contribution in [-0.2, 0) is 13.0 Å². The highest BCUT2D eigenvalue weighted by atomic mass is 127. The number of benzene rings is 2. The minimum atomic E-state index is -0.231. The summed E-state index contributed by atoms with van der Waals surface area (Å²) < 4.78 is 8.37. The lowest BCUT2D eigenvalue weighted by Crippen LogP contribution is -2.45. The summed E-state index contributed by atoms with van der Waals surface area (Å²) in [7, 11) is 0. The fourth-order valence-electron chi connectivity index (χ4n) is 4.18. The van der Waals surface area contributed by atoms with Gasteiger partial charge < -0.3 is 19.9 Å². The molecule has 33 heavy (non-hydrogen) atoms. The molecule has 0 fully saturated rings. The molecule has 176 valence electrons. The van der Waals surface area contributed by atoms with Crippen molar-refractivity contribution in [1.82, 2.24) is 20.2 Å². The van der Waals surface area contributed by atoms with Gasteiger partial charge in [0.15, 0.2) is 5.96 Å². The van der Waals surface area contributed by atoms with E-state index in [1.54, 1.807) is 0 Å². The smallest absolute Gasteiger partial charge is 0.191 e. The highest BCUT2D eigenvalue weighted by molar-refractivity contribution is 14.0. The van der Waals surface area contributed by atoms with Gasteiger partial charge in [0, 0.05) is 50.4 Å². The van der Waals surface area contributed by atoms with Gasteiger partial charge in [-0.25, -0.2) is 4.98 Å². The van der Waals surface area contributed by atoms with Crippen molar-refractivity contribution in [2.24, 2.45) is 4.99 Å². The maximum Gasteiger partial charge on any atom is 0.191 e. The van der Waals surface area contributed by atoms with Crippen LogP contribution in [0.15, 0.2) is 72.0 Å². The van der Waals surface area contributed by atoms with E-state index in [-0.39, 0.29) is 35.6 Å². The largest absolute Gasteiger partial charge is 0.487 e. The van der Waals surface area contributed by atoms with Crippen LogP contribution < -0.4 is 15.4 Å². The molecule has 1 aliphatic rings. The second-order valence-corrected chi connectivity index (χ2v) is 8.77. The molecule has 7 heteroatoms. The molecule has 0 aliphatic carbocycles. The molecule has 0 amide bonds. The number of aliphatic imine (C=N–C) groups is 1. The third-order valence-corrected chi connectivity index (χ3v) is 5.63. The van der Waals surface area contributed by atoms with Gasteiger partial charge in [0.1, 0.15) is 17.2 Å². The van der Waals surface area contributed by atoms with E-state index < -0.39 is 0 Å². The summed E-state index contributed by atoms with van der Waals surface area (Å²) >= 11 is 0. The van der Waals surface area contributed by atoms with Crippen LogP contribution in [0.1, 0.15) is 50.2 Å². The maximum absolute atomic E-state index is 6.17. The summed E-state index contributed by atoms with van der Waals surface area (Å²) in [6.45, 7) is 8.65. The summed E-state index contributed by atoms with van der Waals surface area (Å²) in [5, 5.41) is 7.03. The normalized spacial score (nSPS) is 16.8. The molecule has 4 rings (SSSR count). The van der Waals surface area contributed by atoms with Gasteiger partial charge in [-0.2, -0.15) is 0 Å². The first-order valence-electron chi connectivity index (χ1n) is 11.4. The summed E-state index contributed by atoms with van der Waals surface area (Å²) in [5.41, 5.74) is 2.22. The fourth-order valence-corrected chi connectivity index (χ4v) is 4.18. The van der Waals surface area contributed by atoms with Crippen molar-refractivity contribution in [3.8, 4) is 5.75 Å². The molecule has 2 heterocycles. The number of imidazole rings is 1. The van der Waals surface area contributed by atoms with Crippen LogP contribution in [0.5, 0.6) is 5.75 Å². The minimum Gasteiger partial charge on any atom is -0.487 e. The predicted molar refractivity (Wildman–Crippen MR) is 145 cm³/mol. The number of halogens is 1. The Bertz CT molecular complexity index is 1050. The zero-order valence-electron chi connectivity index (χ0n) is 19.6. The number of fused-ring (bicyclic) bond motifs is 1. The van der Waals surface area contributed by atoms with E-state index in [1.807, 2.05) is 30.6 Å². The van der Waals surface area contributed by atoms with E-state index in [1.165, 1.54) is 11.1 Å². The number of guanidine groups is 1. The van der Waals surface area contributed by atoms with Gasteiger partial charge in [0.25, 0.3) is 0 Å². The zero-order valence-corrected chi connectivity index (χ0v) is 22.0. The maximum atomic E-state index is 6.17. The molecule has 3 aromatic rings. The van der Waals surface area contributed by atoms with E-state index >= 15 is 0 Å². The first kappa shape index (κ1) is 25.1. The van der Waals surface area contributed by atoms with Crippen molar-refractivity contribution >= 4 is 29.9 Å². The molecule has 0 radical (unpaired) electrons. The first-order valence-corrected chi connectivity index (χ1v) is 11.4. The van der Waals surface area contributed by atoms with Gasteiger partial charge in [-0.3, -0.25) is 4.99 Å². The van der Waals surface area contributed by atoms with Crippen LogP contribution in [0.4, 0.5) is 0 Å². The van der Waals surface area contributed by atoms with E-state index in [2.05, 4.69) is 77.4 Å². The van der Waals surface area contributed by atoms with Crippen LogP contribution in [-0.4, -0.2) is 34.2 Å². The molecule has 1 unspecified atom stereocenters. The van der Waals surface area contributed by atoms with E-state index in [0.29, 0.717) is 6.54 Å². The topological polar surface area (TPSA) is 63.5 Å². The van der Waals surface area contributed by atoms with Crippen LogP contribution >= 0.6 is 24.0 Å². The summed E-state index contributed by atoms with van der Waals surface area (Å²) in [6.07, 6.45) is 5.56. The van der Waals surface area contributed by atoms with Crippen LogP contribution in [0, 0.1) is 0 Å². The Balaban J connectivity index is 0.00000306. The number of rotatable bonds is 7. The Hall–Kier alpha value is -2.55. The third kappa shape index (κ3) is 6.72. The second-order valence-electron chi connectivity index (χ2n) is 8.77. The molecule has 1 aliphatic heterocycles. The SMILES string of the molecule is CCNC(=NCCc1nccn1Cc1ccccc1)NC1CC(C)(C)Oc2ccccc21.I. The standard InChI is InChI=1S/C26H33N5O.HI/c1-4-27-25(30-22-18-26(2,3)32-23-13-9-8-12-21(22)23)29-15-14-24-28-16-17-31(24)19-20-10-6-5-7-11-20;/h5-13,16-17,22H,4,14-15,18-19H2,1-3H3,(H2,27,29,30);1H. The highest BCUT2D eigenvalue weighted by Gasteiger charge is 2.33. The molecule has 6 nitrogen and oxygen atoms in total. The molecular formula is C26H34IN5O. The Kier molecular flexibility index (Phi) is 8.77. The molecular weight excluding hydrogens is 525 g/mol. The second kappa shape index (κ2) is 11.5. The van der Waals surface area contributed by atoms with Crippen molar-refractivity contribution in [3.63, 3.8) is 0 Å². The minimum absolute atomic E-state index is 0. The van der Waals surface area contributed by atoms with Gasteiger partial charge in [-0.1, -0.05) is 48.5 Å². The molecule has 0 saturated carbocycles. The van der Waals surface area contributed by atoms with Crippen LogP contribution in [0.25, 0.3) is 0 Å². The van der Waals surface area contributed by atoms with Gasteiger partial charge in [-0.15, -0.1) is 24.0 Å². The Morgan fingerprint density at radius 2 is 1.91 bits per heavy atom. The van der Waals surface area contributed by atoms with Crippen LogP contribution in [0.2, 0.25) is 0 Å². The van der Waals surface area contributed by atoms with Crippen molar-refractivity contribution < 1.29 is 4.74 Å². The van der Waals surface area contributed by atoms with Crippen molar-refractivity contribution in [3.05, 3.63) is 83.9 Å². The molecule has 0 spiro atoms. The molecule has 2 N–H and O–H groups in total. The quantitative estimate of drug-likeness (QED) is 0.244. The Morgan fingerprint density at radius 3 is 2.70 bits per heavy atom. The van der Waals surface area contributed by atoms with Gasteiger partial charge in [0.2, 0.25) is 0 Å². The molecule has 0 saturated heterocycles. The monoisotopic (exact) mass is 559 g/mol. The molecule has 1 atom stereocenters. The van der Waals surface area contributed by atoms with E-state index in [4.69, 9.17) is 9.73 Å². The van der Waals surface area contributed by atoms with Crippen molar-refractivity contribution in [2.45, 2.75) is 51.8 Å². The lowest BCUT2D eigenvalue weighted by Gasteiger charge is -2.38. The molecule has 1 aromatic heterocycles. The molecule has 2 aromatic carbocycles. The lowest BCUT2D eigenvalue weighted by atomic mass is 9.90. The van der Waals surface area contributed by atoms with E-state index in [9.17, 15) is 0 Å². The van der Waals surface area contributed by atoms with Crippen molar-refractivity contribution in [1.29, 1.82) is 0 Å². The fraction of sp³-hybridized carbons (Fsp3) is 0.385. The average Bonchev–Trinajstić information content (AvgIpc) is 3.20. The zero-order chi connectivity index (χ0) is 22.4. The van der Waals surface area contributed by atoms with Crippen molar-refractivity contribution in [2.75, 3.05) is 13.1 Å². The Labute approximate surface area is 213 Å². The third-order valence-electron chi connectivity index (χ3n) is 5.63. The number of hydrogen-bond acceptors (Lipinski definition) is 3. The summed E-state index contributed by atoms with van der Waals surface area (Å²) in [5.74, 6) is 2.82. The number of ether oxygens (including phenoxy) is 1. The number of hydrogen-bond donors (Lipinski definition) is 2. The lowest BCUT2D eigenvalue weighted by molar-refractivity contribution is 0.0694. The number of nitrogens with zero attached hydrogens (tertiary/aromatic N) is 3. The number of nitrogens with one attached hydrogen (secondary N) is 2. The highest BCUT2D eigenvalue weighted by Crippen LogP contribution is 2.39. The number of para-hydroxylation sites is 1. The van der Waals surface area contributed by atoms with E-state index in [0.717, 1.165) is 43.5 Å². The first-order chi connectivity index (χ1) is 15.5. The molecule has 0 bridgehead atoms. The number of aromatic nitrogens is 2. The summed E-state index contributed by atoms with van der Waals surface area (Å²) in [4.78, 5) is 9.41. The van der Waals surface area contributed by atoms with Gasteiger partial charge in [-0.05, 0) is 32.4 Å². The average molecular weight is 559 g/mol. The Morgan fingerprint density at radius 1 is 1.15 bits per heavy atom.